The first-order valence-electron chi connectivity index (χ1n) is 9.85. The van der Waals surface area contributed by atoms with Gasteiger partial charge in [0.15, 0.2) is 17.3 Å². The van der Waals surface area contributed by atoms with Crippen LogP contribution in [0.3, 0.4) is 0 Å². The third-order valence-electron chi connectivity index (χ3n) is 4.83. The van der Waals surface area contributed by atoms with Crippen LogP contribution in [0.15, 0.2) is 53.5 Å². The number of halogens is 4. The van der Waals surface area contributed by atoms with Crippen molar-refractivity contribution in [1.82, 2.24) is 4.57 Å². The van der Waals surface area contributed by atoms with Crippen LogP contribution in [0.5, 0.6) is 17.2 Å². The number of alkyl halides is 2. The summed E-state index contributed by atoms with van der Waals surface area (Å²) in [6, 6.07) is 7.81. The number of hydrogen-bond acceptors (Lipinski definition) is 4. The third kappa shape index (κ3) is 5.94. The van der Waals surface area contributed by atoms with Gasteiger partial charge in [-0.05, 0) is 43.3 Å². The predicted octanol–water partition coefficient (Wildman–Crippen LogP) is 4.99. The zero-order valence-corrected chi connectivity index (χ0v) is 19.2. The fourth-order valence-corrected chi connectivity index (χ4v) is 3.84. The molecule has 2 aromatic carbocycles. The molecule has 184 valence electrons. The third-order valence-corrected chi connectivity index (χ3v) is 6.95. The van der Waals surface area contributed by atoms with E-state index in [0.29, 0.717) is 6.07 Å². The largest absolute Gasteiger partial charge is 0.454 e. The molecule has 0 aliphatic heterocycles. The summed E-state index contributed by atoms with van der Waals surface area (Å²) in [6.45, 7) is -1.75. The lowest BCUT2D eigenvalue weighted by Gasteiger charge is -2.39. The van der Waals surface area contributed by atoms with E-state index < -0.39 is 39.1 Å². The maximum Gasteiger partial charge on any atom is 0.387 e. The van der Waals surface area contributed by atoms with Crippen LogP contribution in [0, 0.1) is 11.6 Å². The highest BCUT2D eigenvalue weighted by atomic mass is 32.3. The number of aryl methyl sites for hydroxylation is 1. The number of ether oxygens (including phenoxy) is 2. The van der Waals surface area contributed by atoms with Crippen LogP contribution in [0.2, 0.25) is 0 Å². The van der Waals surface area contributed by atoms with Gasteiger partial charge in [0.05, 0.1) is 5.69 Å². The van der Waals surface area contributed by atoms with E-state index in [1.54, 1.807) is 0 Å². The summed E-state index contributed by atoms with van der Waals surface area (Å²) in [5.41, 5.74) is -0.379. The molecule has 0 aliphatic rings. The Bertz CT molecular complexity index is 1350. The molecule has 0 spiro atoms. The maximum atomic E-state index is 14.2. The molecule has 2 N–H and O–H groups in total. The van der Waals surface area contributed by atoms with Crippen molar-refractivity contribution in [2.24, 2.45) is 7.05 Å². The smallest absolute Gasteiger partial charge is 0.387 e. The summed E-state index contributed by atoms with van der Waals surface area (Å²) in [5, 5.41) is 0. The van der Waals surface area contributed by atoms with E-state index in [9.17, 15) is 31.1 Å². The average molecular weight is 502 g/mol. The number of benzene rings is 2. The van der Waals surface area contributed by atoms with Gasteiger partial charge in [-0.3, -0.25) is 14.1 Å². The Morgan fingerprint density at radius 3 is 2.38 bits per heavy atom. The fourth-order valence-electron chi connectivity index (χ4n) is 2.97. The van der Waals surface area contributed by atoms with E-state index >= 15 is 0 Å². The lowest BCUT2D eigenvalue weighted by molar-refractivity contribution is -0.0510. The second kappa shape index (κ2) is 9.11. The fraction of sp³-hybridized carbons (Fsp3) is 0.227. The first-order chi connectivity index (χ1) is 15.8. The lowest BCUT2D eigenvalue weighted by atomic mass is 10.1. The maximum absolute atomic E-state index is 14.2. The minimum atomic E-state index is -4.23. The molecular weight excluding hydrogens is 480 g/mol. The van der Waals surface area contributed by atoms with E-state index in [1.165, 1.54) is 38.4 Å². The summed E-state index contributed by atoms with van der Waals surface area (Å²) in [5.74, 6) is -2.91. The van der Waals surface area contributed by atoms with Crippen LogP contribution >= 0.6 is 0 Å². The van der Waals surface area contributed by atoms with Gasteiger partial charge < -0.3 is 14.0 Å². The van der Waals surface area contributed by atoms with E-state index in [4.69, 9.17) is 4.74 Å². The molecule has 0 aliphatic carbocycles. The van der Waals surface area contributed by atoms with Crippen molar-refractivity contribution in [3.63, 3.8) is 0 Å². The van der Waals surface area contributed by atoms with Crippen molar-refractivity contribution in [2.75, 3.05) is 16.7 Å². The molecule has 0 radical (unpaired) electrons. The van der Waals surface area contributed by atoms with Gasteiger partial charge in [0.2, 0.25) is 0 Å². The number of hydrogen-bond donors (Lipinski definition) is 2. The number of nitrogens with zero attached hydrogens (tertiary/aromatic N) is 1. The summed E-state index contributed by atoms with van der Waals surface area (Å²) in [6.07, 6.45) is 2.43. The molecule has 0 fully saturated rings. The molecule has 0 saturated heterocycles. The summed E-state index contributed by atoms with van der Waals surface area (Å²) >= 11 is 0. The molecule has 3 rings (SSSR count). The van der Waals surface area contributed by atoms with Crippen LogP contribution in [0.4, 0.5) is 23.2 Å². The van der Waals surface area contributed by atoms with Crippen molar-refractivity contribution in [3.05, 3.63) is 70.6 Å². The Balaban J connectivity index is 2.19. The van der Waals surface area contributed by atoms with Crippen LogP contribution < -0.4 is 19.8 Å². The van der Waals surface area contributed by atoms with Gasteiger partial charge in [0, 0.05) is 42.4 Å². The van der Waals surface area contributed by atoms with Gasteiger partial charge in [-0.25, -0.2) is 8.78 Å². The molecule has 7 nitrogen and oxygen atoms in total. The first-order valence-corrected chi connectivity index (χ1v) is 12.3. The van der Waals surface area contributed by atoms with Gasteiger partial charge in [-0.2, -0.15) is 13.0 Å². The van der Waals surface area contributed by atoms with Crippen molar-refractivity contribution < 1.29 is 35.8 Å². The minimum Gasteiger partial charge on any atom is -0.454 e. The lowest BCUT2D eigenvalue weighted by Crippen LogP contribution is -2.41. The van der Waals surface area contributed by atoms with Crippen molar-refractivity contribution >= 4 is 15.2 Å². The van der Waals surface area contributed by atoms with Gasteiger partial charge in [0.25, 0.3) is 5.56 Å². The number of nitrogens with one attached hydrogen (secondary N) is 1. The number of aromatic nitrogens is 1. The highest BCUT2D eigenvalue weighted by Gasteiger charge is 2.21. The number of pyridine rings is 1. The van der Waals surface area contributed by atoms with E-state index in [1.807, 2.05) is 0 Å². The number of anilines is 1. The Hall–Kier alpha value is -3.38. The van der Waals surface area contributed by atoms with Crippen LogP contribution in [-0.4, -0.2) is 31.9 Å². The van der Waals surface area contributed by atoms with Gasteiger partial charge in [-0.1, -0.05) is 0 Å². The minimum absolute atomic E-state index is 0.00760. The van der Waals surface area contributed by atoms with Gasteiger partial charge >= 0.3 is 6.61 Å². The summed E-state index contributed by atoms with van der Waals surface area (Å²) < 4.78 is 89.6. The molecule has 3 aromatic rings. The Morgan fingerprint density at radius 2 is 1.76 bits per heavy atom. The second-order valence-corrected chi connectivity index (χ2v) is 11.4. The quantitative estimate of drug-likeness (QED) is 0.424. The first kappa shape index (κ1) is 25.2. The van der Waals surface area contributed by atoms with E-state index in [0.717, 1.165) is 29.0 Å². The second-order valence-electron chi connectivity index (χ2n) is 7.65. The SMILES string of the molecule is CCS(C)(=O)(O)Nc1ccc(Oc2ccc(F)cc2F)c(-c2cc(OC(F)F)c(=O)n(C)c2)c1. The molecule has 0 saturated carbocycles. The molecule has 1 aromatic heterocycles. The zero-order valence-electron chi connectivity index (χ0n) is 18.4. The molecule has 1 heterocycles. The molecule has 0 bridgehead atoms. The molecule has 0 atom stereocenters. The Labute approximate surface area is 192 Å². The predicted molar refractivity (Wildman–Crippen MR) is 121 cm³/mol. The summed E-state index contributed by atoms with van der Waals surface area (Å²) in [4.78, 5) is 12.2. The van der Waals surface area contributed by atoms with Crippen molar-refractivity contribution in [2.45, 2.75) is 13.5 Å². The van der Waals surface area contributed by atoms with Crippen LogP contribution in [0.1, 0.15) is 6.92 Å². The topological polar surface area (TPSA) is 89.8 Å². The van der Waals surface area contributed by atoms with Crippen LogP contribution in [0.25, 0.3) is 11.1 Å². The van der Waals surface area contributed by atoms with Gasteiger partial charge in [-0.15, -0.1) is 9.53 Å². The standard InChI is InChI=1S/C22H22F4N2O5S/c1-4-34(3,30,31)27-15-6-8-18(32-19-7-5-14(23)10-17(19)24)16(11-15)13-9-20(33-22(25)26)21(29)28(2)12-13/h5-12,22H,4H2,1-3H3,(H2,27,30,31). The molecule has 0 amide bonds. The number of rotatable bonds is 8. The highest BCUT2D eigenvalue weighted by Crippen LogP contribution is 2.38. The van der Waals surface area contributed by atoms with E-state index in [2.05, 4.69) is 9.46 Å². The average Bonchev–Trinajstić information content (AvgIpc) is 2.73. The Kier molecular flexibility index (Phi) is 6.76. The summed E-state index contributed by atoms with van der Waals surface area (Å²) in [7, 11) is -2.92. The molecular formula is C22H22F4N2O5S. The monoisotopic (exact) mass is 502 g/mol. The van der Waals surface area contributed by atoms with Gasteiger partial charge in [0.1, 0.15) is 11.6 Å². The molecule has 0 unspecified atom stereocenters. The Morgan fingerprint density at radius 1 is 1.09 bits per heavy atom. The zero-order chi connectivity index (χ0) is 25.3. The normalized spacial score (nSPS) is 12.8. The molecule has 12 heteroatoms. The van der Waals surface area contributed by atoms with Crippen molar-refractivity contribution in [3.8, 4) is 28.4 Å². The van der Waals surface area contributed by atoms with Crippen molar-refractivity contribution in [1.29, 1.82) is 0 Å². The molecule has 34 heavy (non-hydrogen) atoms. The van der Waals surface area contributed by atoms with E-state index in [-0.39, 0.29) is 34.1 Å². The van der Waals surface area contributed by atoms with Crippen LogP contribution in [-0.2, 0) is 16.6 Å². The highest BCUT2D eigenvalue weighted by molar-refractivity contribution is 8.15.